The predicted molar refractivity (Wildman–Crippen MR) is 222 cm³/mol. The van der Waals surface area contributed by atoms with Crippen LogP contribution in [0.1, 0.15) is 259 Å². The second-order valence-corrected chi connectivity index (χ2v) is 17.9. The summed E-state index contributed by atoms with van der Waals surface area (Å²) in [6.07, 6.45) is 44.8. The van der Waals surface area contributed by atoms with Crippen LogP contribution in [0.2, 0.25) is 0 Å². The van der Waals surface area contributed by atoms with E-state index in [0.717, 1.165) is 38.5 Å². The van der Waals surface area contributed by atoms with Crippen LogP contribution in [-0.2, 0) is 9.59 Å². The van der Waals surface area contributed by atoms with Crippen molar-refractivity contribution < 1.29 is 19.8 Å². The maximum absolute atomic E-state index is 12.7. The van der Waals surface area contributed by atoms with Crippen LogP contribution < -0.4 is 0 Å². The van der Waals surface area contributed by atoms with E-state index in [-0.39, 0.29) is 11.7 Å². The fourth-order valence-corrected chi connectivity index (χ4v) is 9.57. The molecule has 0 aromatic heterocycles. The van der Waals surface area contributed by atoms with Crippen LogP contribution in [0.5, 0.6) is 0 Å². The summed E-state index contributed by atoms with van der Waals surface area (Å²) in [5.74, 6) is -1.89. The molecule has 0 bridgehead atoms. The Morgan fingerprint density at radius 2 is 0.780 bits per heavy atom. The van der Waals surface area contributed by atoms with Gasteiger partial charge in [-0.25, -0.2) is 0 Å². The van der Waals surface area contributed by atoms with Crippen molar-refractivity contribution >= 4 is 23.7 Å². The molecule has 0 aromatic rings. The van der Waals surface area contributed by atoms with E-state index in [1.165, 1.54) is 180 Å². The molecule has 0 aliphatic heterocycles. The first-order valence-corrected chi connectivity index (χ1v) is 23.3. The van der Waals surface area contributed by atoms with Crippen molar-refractivity contribution in [1.82, 2.24) is 0 Å². The lowest BCUT2D eigenvalue weighted by Gasteiger charge is -2.38. The van der Waals surface area contributed by atoms with Gasteiger partial charge in [-0.05, 0) is 26.2 Å². The number of carboxylic acids is 2. The average Bonchev–Trinajstić information content (AvgIpc) is 3.08. The van der Waals surface area contributed by atoms with Crippen molar-refractivity contribution in [3.63, 3.8) is 0 Å². The van der Waals surface area contributed by atoms with E-state index in [1.807, 2.05) is 6.92 Å². The van der Waals surface area contributed by atoms with Crippen molar-refractivity contribution in [2.24, 2.45) is 5.92 Å². The standard InChI is InChI=1S/C45H88O4S/c1-5-8-10-12-14-16-18-20-22-24-26-28-30-32-34-36-38-42(44(48)49)45(4,50-41(7-3)40-43(46)47)39-37-35-33-31-29-27-25-23-21-19-17-15-13-11-9-6-2/h41-42H,5-40H2,1-4H3,(H,46,47)(H,48,49). The Labute approximate surface area is 317 Å². The Morgan fingerprint density at radius 1 is 0.480 bits per heavy atom. The second kappa shape index (κ2) is 36.6. The van der Waals surface area contributed by atoms with Crippen molar-refractivity contribution in [3.05, 3.63) is 0 Å². The van der Waals surface area contributed by atoms with Crippen molar-refractivity contribution in [2.75, 3.05) is 0 Å². The predicted octanol–water partition coefficient (Wildman–Crippen LogP) is 15.7. The third-order valence-electron chi connectivity index (χ3n) is 11.2. The Kier molecular flexibility index (Phi) is 36.1. The number of unbranched alkanes of at least 4 members (excludes halogenated alkanes) is 30. The quantitative estimate of drug-likeness (QED) is 0.0614. The maximum atomic E-state index is 12.7. The number of thioether (sulfide) groups is 1. The Morgan fingerprint density at radius 3 is 1.06 bits per heavy atom. The fourth-order valence-electron chi connectivity index (χ4n) is 7.77. The fraction of sp³-hybridized carbons (Fsp3) is 0.956. The van der Waals surface area contributed by atoms with Gasteiger partial charge < -0.3 is 10.2 Å². The minimum atomic E-state index is -0.779. The SMILES string of the molecule is CCCCCCCCCCCCCCCCCCC(C(=O)O)C(C)(CCCCCCCCCCCCCCCCCC)SC(CC)CC(=O)O. The molecule has 0 aliphatic carbocycles. The summed E-state index contributed by atoms with van der Waals surface area (Å²) >= 11 is 1.67. The largest absolute Gasteiger partial charge is 0.481 e. The van der Waals surface area contributed by atoms with E-state index in [9.17, 15) is 19.8 Å². The highest BCUT2D eigenvalue weighted by atomic mass is 32.2. The molecule has 0 aromatic carbocycles. The molecule has 0 saturated carbocycles. The summed E-state index contributed by atoms with van der Waals surface area (Å²) in [7, 11) is 0. The third kappa shape index (κ3) is 30.9. The molecule has 298 valence electrons. The number of hydrogen-bond donors (Lipinski definition) is 2. The Hall–Kier alpha value is -0.710. The van der Waals surface area contributed by atoms with Gasteiger partial charge in [0.15, 0.2) is 0 Å². The van der Waals surface area contributed by atoms with Gasteiger partial charge in [0, 0.05) is 10.00 Å². The highest BCUT2D eigenvalue weighted by Crippen LogP contribution is 2.44. The van der Waals surface area contributed by atoms with E-state index in [4.69, 9.17) is 0 Å². The molecule has 0 amide bonds. The average molecular weight is 725 g/mol. The van der Waals surface area contributed by atoms with Crippen LogP contribution in [0.4, 0.5) is 0 Å². The molecular weight excluding hydrogens is 637 g/mol. The number of rotatable bonds is 41. The molecule has 0 rings (SSSR count). The Balaban J connectivity index is 4.37. The van der Waals surface area contributed by atoms with Crippen molar-refractivity contribution in [2.45, 2.75) is 269 Å². The van der Waals surface area contributed by atoms with Gasteiger partial charge in [0.2, 0.25) is 0 Å². The van der Waals surface area contributed by atoms with Gasteiger partial charge in [0.25, 0.3) is 0 Å². The van der Waals surface area contributed by atoms with E-state index < -0.39 is 22.6 Å². The topological polar surface area (TPSA) is 74.6 Å². The summed E-state index contributed by atoms with van der Waals surface area (Å²) < 4.78 is -0.423. The van der Waals surface area contributed by atoms with E-state index in [0.29, 0.717) is 6.42 Å². The van der Waals surface area contributed by atoms with Gasteiger partial charge in [-0.15, -0.1) is 0 Å². The smallest absolute Gasteiger partial charge is 0.307 e. The van der Waals surface area contributed by atoms with Gasteiger partial charge in [-0.1, -0.05) is 226 Å². The van der Waals surface area contributed by atoms with E-state index in [1.54, 1.807) is 11.8 Å². The number of aliphatic carboxylic acids is 2. The molecule has 0 aliphatic rings. The number of hydrogen-bond acceptors (Lipinski definition) is 3. The lowest BCUT2D eigenvalue weighted by molar-refractivity contribution is -0.143. The first kappa shape index (κ1) is 49.3. The molecule has 2 N–H and O–H groups in total. The molecule has 0 heterocycles. The van der Waals surface area contributed by atoms with Gasteiger partial charge >= 0.3 is 11.9 Å². The van der Waals surface area contributed by atoms with Gasteiger partial charge in [-0.3, -0.25) is 9.59 Å². The lowest BCUT2D eigenvalue weighted by atomic mass is 9.84. The number of carboxylic acid groups (broad SMARTS) is 2. The first-order valence-electron chi connectivity index (χ1n) is 22.4. The molecule has 3 atom stereocenters. The van der Waals surface area contributed by atoms with Crippen molar-refractivity contribution in [3.8, 4) is 0 Å². The first-order chi connectivity index (χ1) is 24.3. The minimum Gasteiger partial charge on any atom is -0.481 e. The highest BCUT2D eigenvalue weighted by Gasteiger charge is 2.40. The second-order valence-electron chi connectivity index (χ2n) is 16.1. The molecule has 0 radical (unpaired) electrons. The Bertz CT molecular complexity index is 743. The lowest BCUT2D eigenvalue weighted by Crippen LogP contribution is -2.39. The molecule has 0 spiro atoms. The summed E-state index contributed by atoms with van der Waals surface area (Å²) in [6.45, 7) is 8.74. The molecule has 0 saturated heterocycles. The van der Waals surface area contributed by atoms with Gasteiger partial charge in [0.05, 0.1) is 12.3 Å². The normalized spacial score (nSPS) is 14.1. The molecule has 3 unspecified atom stereocenters. The molecular formula is C45H88O4S. The van der Waals surface area contributed by atoms with Crippen LogP contribution in [-0.4, -0.2) is 32.1 Å². The van der Waals surface area contributed by atoms with Crippen LogP contribution in [0, 0.1) is 5.92 Å². The molecule has 5 heteroatoms. The summed E-state index contributed by atoms with van der Waals surface area (Å²) in [4.78, 5) is 24.3. The molecule has 4 nitrogen and oxygen atoms in total. The summed E-state index contributed by atoms with van der Waals surface area (Å²) in [5, 5.41) is 19.9. The summed E-state index contributed by atoms with van der Waals surface area (Å²) in [6, 6.07) is 0. The van der Waals surface area contributed by atoms with Crippen LogP contribution in [0.25, 0.3) is 0 Å². The zero-order valence-corrected chi connectivity index (χ0v) is 35.0. The molecule has 0 fully saturated rings. The zero-order chi connectivity index (χ0) is 37.0. The van der Waals surface area contributed by atoms with Crippen LogP contribution in [0.15, 0.2) is 0 Å². The number of carbonyl (C=O) groups is 2. The van der Waals surface area contributed by atoms with Crippen LogP contribution in [0.3, 0.4) is 0 Å². The monoisotopic (exact) mass is 725 g/mol. The summed E-state index contributed by atoms with van der Waals surface area (Å²) in [5.41, 5.74) is 0. The van der Waals surface area contributed by atoms with Gasteiger partial charge in [0.1, 0.15) is 0 Å². The zero-order valence-electron chi connectivity index (χ0n) is 34.2. The van der Waals surface area contributed by atoms with Crippen molar-refractivity contribution in [1.29, 1.82) is 0 Å². The highest BCUT2D eigenvalue weighted by molar-refractivity contribution is 8.01. The maximum Gasteiger partial charge on any atom is 0.307 e. The third-order valence-corrected chi connectivity index (χ3v) is 13.1. The molecule has 50 heavy (non-hydrogen) atoms. The van der Waals surface area contributed by atoms with E-state index in [2.05, 4.69) is 20.8 Å². The van der Waals surface area contributed by atoms with Crippen LogP contribution >= 0.6 is 11.8 Å². The van der Waals surface area contributed by atoms with E-state index >= 15 is 0 Å². The minimum absolute atomic E-state index is 0.0359. The van der Waals surface area contributed by atoms with Gasteiger partial charge in [-0.2, -0.15) is 11.8 Å².